The van der Waals surface area contributed by atoms with Crippen LogP contribution in [-0.2, 0) is 0 Å². The standard InChI is InChI=1S/C12H10FN3O2/c13-8-1-6-11(14-7-8)16-12(18)15-9-2-4-10(17)5-3-9/h1-7,17H,(H2,14,15,16,18). The summed E-state index contributed by atoms with van der Waals surface area (Å²) >= 11 is 0. The van der Waals surface area contributed by atoms with Crippen LogP contribution in [0.3, 0.4) is 0 Å². The molecule has 92 valence electrons. The highest BCUT2D eigenvalue weighted by atomic mass is 19.1. The number of amides is 2. The Morgan fingerprint density at radius 1 is 1.11 bits per heavy atom. The van der Waals surface area contributed by atoms with Gasteiger partial charge in [-0.2, -0.15) is 0 Å². The van der Waals surface area contributed by atoms with Crippen LogP contribution in [0.4, 0.5) is 20.7 Å². The fourth-order valence-electron chi connectivity index (χ4n) is 1.27. The van der Waals surface area contributed by atoms with Crippen molar-refractivity contribution in [2.24, 2.45) is 0 Å². The summed E-state index contributed by atoms with van der Waals surface area (Å²) in [7, 11) is 0. The number of nitrogens with one attached hydrogen (secondary N) is 2. The Morgan fingerprint density at radius 3 is 2.44 bits per heavy atom. The van der Waals surface area contributed by atoms with Gasteiger partial charge in [0.15, 0.2) is 0 Å². The zero-order chi connectivity index (χ0) is 13.0. The van der Waals surface area contributed by atoms with Crippen molar-refractivity contribution in [3.63, 3.8) is 0 Å². The minimum atomic E-state index is -0.500. The van der Waals surface area contributed by atoms with Crippen LogP contribution in [0.15, 0.2) is 42.6 Å². The van der Waals surface area contributed by atoms with E-state index >= 15 is 0 Å². The highest BCUT2D eigenvalue weighted by molar-refractivity contribution is 5.99. The number of halogens is 1. The first-order chi connectivity index (χ1) is 8.63. The molecule has 0 spiro atoms. The van der Waals surface area contributed by atoms with Crippen LogP contribution < -0.4 is 10.6 Å². The number of phenolic OH excluding ortho intramolecular Hbond substituents is 1. The van der Waals surface area contributed by atoms with E-state index in [0.29, 0.717) is 5.69 Å². The molecule has 0 aliphatic rings. The summed E-state index contributed by atoms with van der Waals surface area (Å²) < 4.78 is 12.6. The molecule has 0 saturated heterocycles. The summed E-state index contributed by atoms with van der Waals surface area (Å²) in [6, 6.07) is 8.05. The first-order valence-corrected chi connectivity index (χ1v) is 5.12. The molecule has 3 N–H and O–H groups in total. The Morgan fingerprint density at radius 2 is 1.83 bits per heavy atom. The molecule has 2 aromatic rings. The number of hydrogen-bond acceptors (Lipinski definition) is 3. The lowest BCUT2D eigenvalue weighted by atomic mass is 10.3. The average molecular weight is 247 g/mol. The highest BCUT2D eigenvalue weighted by Gasteiger charge is 2.03. The molecule has 1 aromatic carbocycles. The lowest BCUT2D eigenvalue weighted by Gasteiger charge is -2.06. The molecule has 0 saturated carbocycles. The molecule has 0 fully saturated rings. The second-order valence-electron chi connectivity index (χ2n) is 3.49. The van der Waals surface area contributed by atoms with E-state index in [1.807, 2.05) is 0 Å². The molecule has 0 atom stereocenters. The number of carbonyl (C=O) groups is 1. The normalized spacial score (nSPS) is 9.83. The van der Waals surface area contributed by atoms with Crippen LogP contribution >= 0.6 is 0 Å². The molecule has 2 amide bonds. The van der Waals surface area contributed by atoms with Crippen molar-refractivity contribution in [2.75, 3.05) is 10.6 Å². The van der Waals surface area contributed by atoms with Crippen LogP contribution in [0.5, 0.6) is 5.75 Å². The largest absolute Gasteiger partial charge is 0.508 e. The number of aromatic hydroxyl groups is 1. The fraction of sp³-hybridized carbons (Fsp3) is 0. The van der Waals surface area contributed by atoms with Gasteiger partial charge in [0.2, 0.25) is 0 Å². The van der Waals surface area contributed by atoms with Crippen LogP contribution in [0.25, 0.3) is 0 Å². The number of carbonyl (C=O) groups excluding carboxylic acids is 1. The van der Waals surface area contributed by atoms with Gasteiger partial charge in [-0.05, 0) is 36.4 Å². The van der Waals surface area contributed by atoms with Gasteiger partial charge in [-0.1, -0.05) is 0 Å². The molecule has 1 aromatic heterocycles. The Hall–Kier alpha value is -2.63. The maximum Gasteiger partial charge on any atom is 0.324 e. The minimum Gasteiger partial charge on any atom is -0.508 e. The summed E-state index contributed by atoms with van der Waals surface area (Å²) in [6.07, 6.45) is 1.01. The average Bonchev–Trinajstić information content (AvgIpc) is 2.35. The smallest absolute Gasteiger partial charge is 0.324 e. The number of benzene rings is 1. The summed E-state index contributed by atoms with van der Waals surface area (Å²) in [6.45, 7) is 0. The molecule has 6 heteroatoms. The molecule has 18 heavy (non-hydrogen) atoms. The van der Waals surface area contributed by atoms with Gasteiger partial charge in [0, 0.05) is 5.69 Å². The summed E-state index contributed by atoms with van der Waals surface area (Å²) in [5.74, 6) is -0.117. The number of urea groups is 1. The summed E-state index contributed by atoms with van der Waals surface area (Å²) in [5, 5.41) is 14.1. The van der Waals surface area contributed by atoms with E-state index in [1.54, 1.807) is 12.1 Å². The van der Waals surface area contributed by atoms with E-state index in [0.717, 1.165) is 6.20 Å². The third-order valence-corrected chi connectivity index (χ3v) is 2.09. The van der Waals surface area contributed by atoms with Crippen molar-refractivity contribution in [1.82, 2.24) is 4.98 Å². The van der Waals surface area contributed by atoms with Gasteiger partial charge >= 0.3 is 6.03 Å². The number of aromatic nitrogens is 1. The van der Waals surface area contributed by atoms with Crippen molar-refractivity contribution in [1.29, 1.82) is 0 Å². The van der Waals surface area contributed by atoms with Crippen molar-refractivity contribution in [2.45, 2.75) is 0 Å². The molecular weight excluding hydrogens is 237 g/mol. The quantitative estimate of drug-likeness (QED) is 0.714. The van der Waals surface area contributed by atoms with Gasteiger partial charge < -0.3 is 10.4 Å². The predicted octanol–water partition coefficient (Wildman–Crippen LogP) is 2.57. The van der Waals surface area contributed by atoms with Gasteiger partial charge in [-0.3, -0.25) is 5.32 Å². The van der Waals surface area contributed by atoms with Crippen molar-refractivity contribution in [3.8, 4) is 5.75 Å². The Bertz CT molecular complexity index is 491. The number of anilines is 2. The first-order valence-electron chi connectivity index (χ1n) is 5.12. The van der Waals surface area contributed by atoms with Crippen LogP contribution in [0.1, 0.15) is 0 Å². The van der Waals surface area contributed by atoms with E-state index in [-0.39, 0.29) is 11.6 Å². The van der Waals surface area contributed by atoms with E-state index in [1.165, 1.54) is 24.3 Å². The zero-order valence-corrected chi connectivity index (χ0v) is 9.22. The highest BCUT2D eigenvalue weighted by Crippen LogP contribution is 2.14. The van der Waals surface area contributed by atoms with E-state index in [9.17, 15) is 9.18 Å². The molecule has 1 heterocycles. The fourth-order valence-corrected chi connectivity index (χ4v) is 1.27. The lowest BCUT2D eigenvalue weighted by Crippen LogP contribution is -2.19. The Kier molecular flexibility index (Phi) is 3.38. The second-order valence-corrected chi connectivity index (χ2v) is 3.49. The van der Waals surface area contributed by atoms with Crippen LogP contribution in [-0.4, -0.2) is 16.1 Å². The molecule has 5 nitrogen and oxygen atoms in total. The zero-order valence-electron chi connectivity index (χ0n) is 9.22. The SMILES string of the molecule is O=C(Nc1ccc(O)cc1)Nc1ccc(F)cn1. The topological polar surface area (TPSA) is 74.2 Å². The Balaban J connectivity index is 1.96. The maximum absolute atomic E-state index is 12.6. The number of nitrogens with zero attached hydrogens (tertiary/aromatic N) is 1. The van der Waals surface area contributed by atoms with Crippen molar-refractivity contribution < 1.29 is 14.3 Å². The van der Waals surface area contributed by atoms with Gasteiger partial charge in [0.05, 0.1) is 6.20 Å². The third-order valence-electron chi connectivity index (χ3n) is 2.09. The lowest BCUT2D eigenvalue weighted by molar-refractivity contribution is 0.262. The molecule has 0 radical (unpaired) electrons. The van der Waals surface area contributed by atoms with E-state index < -0.39 is 11.8 Å². The molecule has 0 aliphatic carbocycles. The third kappa shape index (κ3) is 3.18. The van der Waals surface area contributed by atoms with Gasteiger partial charge in [-0.15, -0.1) is 0 Å². The number of hydrogen-bond donors (Lipinski definition) is 3. The van der Waals surface area contributed by atoms with E-state index in [4.69, 9.17) is 5.11 Å². The molecule has 2 rings (SSSR count). The summed E-state index contributed by atoms with van der Waals surface area (Å²) in [4.78, 5) is 15.2. The van der Waals surface area contributed by atoms with Gasteiger partial charge in [-0.25, -0.2) is 14.2 Å². The number of rotatable bonds is 2. The Labute approximate surface area is 102 Å². The number of pyridine rings is 1. The predicted molar refractivity (Wildman–Crippen MR) is 64.9 cm³/mol. The van der Waals surface area contributed by atoms with E-state index in [2.05, 4.69) is 15.6 Å². The second kappa shape index (κ2) is 5.13. The summed E-state index contributed by atoms with van der Waals surface area (Å²) in [5.41, 5.74) is 0.521. The van der Waals surface area contributed by atoms with Crippen LogP contribution in [0, 0.1) is 5.82 Å². The molecule has 0 aliphatic heterocycles. The first kappa shape index (κ1) is 11.8. The van der Waals surface area contributed by atoms with Crippen LogP contribution in [0.2, 0.25) is 0 Å². The number of phenols is 1. The van der Waals surface area contributed by atoms with Gasteiger partial charge in [0.1, 0.15) is 17.4 Å². The molecular formula is C12H10FN3O2. The van der Waals surface area contributed by atoms with Crippen molar-refractivity contribution >= 4 is 17.5 Å². The van der Waals surface area contributed by atoms with Gasteiger partial charge in [0.25, 0.3) is 0 Å². The molecule has 0 bridgehead atoms. The maximum atomic E-state index is 12.6. The van der Waals surface area contributed by atoms with Crippen molar-refractivity contribution in [3.05, 3.63) is 48.4 Å². The monoisotopic (exact) mass is 247 g/mol. The minimum absolute atomic E-state index is 0.112. The molecule has 0 unspecified atom stereocenters.